The van der Waals surface area contributed by atoms with E-state index in [0.29, 0.717) is 23.6 Å². The fourth-order valence-electron chi connectivity index (χ4n) is 1.63. The third-order valence-corrected chi connectivity index (χ3v) is 3.48. The van der Waals surface area contributed by atoms with Crippen molar-refractivity contribution in [2.45, 2.75) is 25.4 Å². The monoisotopic (exact) mass is 315 g/mol. The summed E-state index contributed by atoms with van der Waals surface area (Å²) in [6.07, 6.45) is 2.44. The van der Waals surface area contributed by atoms with Crippen LogP contribution in [-0.4, -0.2) is 23.9 Å². The quantitative estimate of drug-likeness (QED) is 0.688. The zero-order chi connectivity index (χ0) is 12.4. The van der Waals surface area contributed by atoms with Gasteiger partial charge in [0.2, 0.25) is 0 Å². The van der Waals surface area contributed by atoms with Crippen LogP contribution >= 0.6 is 27.5 Å². The number of nitrogens with zero attached hydrogens (tertiary/aromatic N) is 2. The molecule has 0 bridgehead atoms. The molecule has 0 heterocycles. The van der Waals surface area contributed by atoms with E-state index in [-0.39, 0.29) is 0 Å². The molecule has 17 heavy (non-hydrogen) atoms. The van der Waals surface area contributed by atoms with Crippen molar-refractivity contribution in [3.05, 3.63) is 33.3 Å². The maximum Gasteiger partial charge on any atom is 0.191 e. The summed E-state index contributed by atoms with van der Waals surface area (Å²) in [5.74, 6) is 0.601. The summed E-state index contributed by atoms with van der Waals surface area (Å²) in [7, 11) is 1.99. The summed E-state index contributed by atoms with van der Waals surface area (Å²) in [5, 5.41) is 0.707. The second-order valence-corrected chi connectivity index (χ2v) is 5.65. The summed E-state index contributed by atoms with van der Waals surface area (Å²) < 4.78 is 0.962. The molecular weight excluding hydrogens is 302 g/mol. The predicted molar refractivity (Wildman–Crippen MR) is 75.3 cm³/mol. The Balaban J connectivity index is 2.02. The lowest BCUT2D eigenvalue weighted by Gasteiger charge is -2.16. The minimum absolute atomic E-state index is 0.558. The second kappa shape index (κ2) is 5.27. The molecule has 2 N–H and O–H groups in total. The number of aliphatic imine (C=N–C) groups is 1. The van der Waals surface area contributed by atoms with Gasteiger partial charge in [0.15, 0.2) is 5.96 Å². The third kappa shape index (κ3) is 3.61. The first-order chi connectivity index (χ1) is 8.06. The van der Waals surface area contributed by atoms with Gasteiger partial charge < -0.3 is 10.6 Å². The molecule has 1 aromatic carbocycles. The molecule has 0 radical (unpaired) electrons. The molecule has 5 heteroatoms. The van der Waals surface area contributed by atoms with E-state index < -0.39 is 0 Å². The molecule has 0 atom stereocenters. The smallest absolute Gasteiger partial charge is 0.191 e. The lowest BCUT2D eigenvalue weighted by molar-refractivity contribution is 0.487. The maximum absolute atomic E-state index is 5.97. The van der Waals surface area contributed by atoms with Crippen LogP contribution in [0, 0.1) is 0 Å². The predicted octanol–water partition coefficient (Wildman–Crippen LogP) is 3.01. The first-order valence-electron chi connectivity index (χ1n) is 5.54. The molecule has 1 saturated carbocycles. The average Bonchev–Trinajstić information content (AvgIpc) is 3.07. The molecule has 2 rings (SSSR count). The molecular formula is C12H15BrClN3. The normalized spacial score (nSPS) is 16.1. The molecule has 1 fully saturated rings. The number of nitrogens with two attached hydrogens (primary N) is 1. The van der Waals surface area contributed by atoms with E-state index in [2.05, 4.69) is 20.9 Å². The van der Waals surface area contributed by atoms with E-state index in [9.17, 15) is 0 Å². The van der Waals surface area contributed by atoms with Crippen molar-refractivity contribution in [3.63, 3.8) is 0 Å². The summed E-state index contributed by atoms with van der Waals surface area (Å²) >= 11 is 9.38. The summed E-state index contributed by atoms with van der Waals surface area (Å²) in [6.45, 7) is 0.558. The molecule has 0 unspecified atom stereocenters. The Hall–Kier alpha value is -0.740. The van der Waals surface area contributed by atoms with E-state index >= 15 is 0 Å². The van der Waals surface area contributed by atoms with E-state index in [1.807, 2.05) is 30.1 Å². The number of rotatable bonds is 3. The van der Waals surface area contributed by atoms with Crippen LogP contribution in [0.5, 0.6) is 0 Å². The molecule has 0 aromatic heterocycles. The van der Waals surface area contributed by atoms with Gasteiger partial charge in [-0.2, -0.15) is 0 Å². The van der Waals surface area contributed by atoms with Gasteiger partial charge in [0, 0.05) is 22.6 Å². The number of hydrogen-bond acceptors (Lipinski definition) is 1. The van der Waals surface area contributed by atoms with Crippen molar-refractivity contribution in [2.75, 3.05) is 7.05 Å². The maximum atomic E-state index is 5.97. The minimum Gasteiger partial charge on any atom is -0.370 e. The topological polar surface area (TPSA) is 41.6 Å². The molecule has 1 aliphatic rings. The van der Waals surface area contributed by atoms with Gasteiger partial charge in [-0.25, -0.2) is 4.99 Å². The van der Waals surface area contributed by atoms with Gasteiger partial charge in [-0.1, -0.05) is 27.5 Å². The molecule has 0 saturated heterocycles. The Bertz CT molecular complexity index is 423. The molecule has 1 aliphatic carbocycles. The first kappa shape index (κ1) is 12.7. The summed E-state index contributed by atoms with van der Waals surface area (Å²) in [6, 6.07) is 6.35. The van der Waals surface area contributed by atoms with Gasteiger partial charge in [-0.3, -0.25) is 0 Å². The summed E-state index contributed by atoms with van der Waals surface area (Å²) in [4.78, 5) is 6.42. The Morgan fingerprint density at radius 1 is 1.53 bits per heavy atom. The average molecular weight is 317 g/mol. The Morgan fingerprint density at radius 2 is 2.24 bits per heavy atom. The molecule has 0 aliphatic heterocycles. The fourth-order valence-corrected chi connectivity index (χ4v) is 2.57. The highest BCUT2D eigenvalue weighted by Crippen LogP contribution is 2.25. The third-order valence-electron chi connectivity index (χ3n) is 2.80. The molecule has 1 aromatic rings. The zero-order valence-electron chi connectivity index (χ0n) is 9.66. The lowest BCUT2D eigenvalue weighted by atomic mass is 10.2. The molecule has 92 valence electrons. The fraction of sp³-hybridized carbons (Fsp3) is 0.417. The summed E-state index contributed by atoms with van der Waals surface area (Å²) in [5.41, 5.74) is 6.97. The van der Waals surface area contributed by atoms with Crippen molar-refractivity contribution in [1.29, 1.82) is 0 Å². The molecule has 0 amide bonds. The number of halogens is 2. The Kier molecular flexibility index (Phi) is 3.94. The van der Waals surface area contributed by atoms with Gasteiger partial charge >= 0.3 is 0 Å². The standard InChI is InChI=1S/C12H15BrClN3/c1-17(11-2-3-11)12(15)16-7-8-4-9(13)6-10(14)5-8/h4-6,11H,2-3,7H2,1H3,(H2,15,16). The van der Waals surface area contributed by atoms with Crippen molar-refractivity contribution >= 4 is 33.5 Å². The van der Waals surface area contributed by atoms with Gasteiger partial charge in [0.25, 0.3) is 0 Å². The second-order valence-electron chi connectivity index (χ2n) is 4.29. The highest BCUT2D eigenvalue weighted by molar-refractivity contribution is 9.10. The van der Waals surface area contributed by atoms with E-state index in [1.54, 1.807) is 0 Å². The van der Waals surface area contributed by atoms with Crippen LogP contribution in [0.4, 0.5) is 0 Å². The highest BCUT2D eigenvalue weighted by Gasteiger charge is 2.27. The van der Waals surface area contributed by atoms with E-state index in [4.69, 9.17) is 17.3 Å². The van der Waals surface area contributed by atoms with Crippen LogP contribution in [0.25, 0.3) is 0 Å². The molecule has 0 spiro atoms. The van der Waals surface area contributed by atoms with Gasteiger partial charge in [-0.15, -0.1) is 0 Å². The van der Waals surface area contributed by atoms with Crippen LogP contribution in [0.1, 0.15) is 18.4 Å². The van der Waals surface area contributed by atoms with Crippen LogP contribution in [-0.2, 0) is 6.54 Å². The lowest BCUT2D eigenvalue weighted by Crippen LogP contribution is -2.35. The molecule has 3 nitrogen and oxygen atoms in total. The van der Waals surface area contributed by atoms with Crippen molar-refractivity contribution in [2.24, 2.45) is 10.7 Å². The van der Waals surface area contributed by atoms with Crippen LogP contribution < -0.4 is 5.73 Å². The van der Waals surface area contributed by atoms with E-state index in [1.165, 1.54) is 12.8 Å². The van der Waals surface area contributed by atoms with E-state index in [0.717, 1.165) is 10.0 Å². The largest absolute Gasteiger partial charge is 0.370 e. The minimum atomic E-state index is 0.558. The van der Waals surface area contributed by atoms with Crippen molar-refractivity contribution < 1.29 is 0 Å². The first-order valence-corrected chi connectivity index (χ1v) is 6.71. The number of benzene rings is 1. The van der Waals surface area contributed by atoms with Crippen molar-refractivity contribution in [3.8, 4) is 0 Å². The Morgan fingerprint density at radius 3 is 2.82 bits per heavy atom. The Labute approximate surface area is 115 Å². The van der Waals surface area contributed by atoms with Gasteiger partial charge in [-0.05, 0) is 36.6 Å². The van der Waals surface area contributed by atoms with Crippen LogP contribution in [0.15, 0.2) is 27.7 Å². The van der Waals surface area contributed by atoms with Crippen molar-refractivity contribution in [1.82, 2.24) is 4.90 Å². The number of hydrogen-bond donors (Lipinski definition) is 1. The SMILES string of the molecule is CN(C(N)=NCc1cc(Cl)cc(Br)c1)C1CC1. The highest BCUT2D eigenvalue weighted by atomic mass is 79.9. The van der Waals surface area contributed by atoms with Crippen LogP contribution in [0.3, 0.4) is 0 Å². The van der Waals surface area contributed by atoms with Crippen LogP contribution in [0.2, 0.25) is 5.02 Å². The number of guanidine groups is 1. The zero-order valence-corrected chi connectivity index (χ0v) is 12.0. The van der Waals surface area contributed by atoms with Gasteiger partial charge in [0.05, 0.1) is 6.54 Å². The van der Waals surface area contributed by atoms with Gasteiger partial charge in [0.1, 0.15) is 0 Å².